The molecule has 0 fully saturated rings. The molecule has 0 aromatic heterocycles. The molecule has 0 heterocycles. The number of rotatable bonds is 7. The second-order valence-corrected chi connectivity index (χ2v) is 5.70. The molecule has 2 aromatic rings. The van der Waals surface area contributed by atoms with E-state index in [0.717, 1.165) is 16.7 Å². The first-order chi connectivity index (χ1) is 12.0. The van der Waals surface area contributed by atoms with Gasteiger partial charge in [0.15, 0.2) is 0 Å². The zero-order valence-electron chi connectivity index (χ0n) is 14.2. The van der Waals surface area contributed by atoms with Gasteiger partial charge >= 0.3 is 0 Å². The van der Waals surface area contributed by atoms with Crippen LogP contribution in [0.15, 0.2) is 61.2 Å². The molecule has 2 amide bonds. The van der Waals surface area contributed by atoms with Crippen molar-refractivity contribution in [3.8, 4) is 0 Å². The zero-order valence-corrected chi connectivity index (χ0v) is 14.2. The van der Waals surface area contributed by atoms with Gasteiger partial charge in [-0.3, -0.25) is 9.59 Å². The molecule has 25 heavy (non-hydrogen) atoms. The summed E-state index contributed by atoms with van der Waals surface area (Å²) in [5.74, 6) is -0.499. The third-order valence-corrected chi connectivity index (χ3v) is 3.87. The largest absolute Gasteiger partial charge is 0.387 e. The van der Waals surface area contributed by atoms with Gasteiger partial charge in [0.25, 0.3) is 5.91 Å². The van der Waals surface area contributed by atoms with E-state index in [4.69, 9.17) is 0 Å². The van der Waals surface area contributed by atoms with Gasteiger partial charge in [0.1, 0.15) is 0 Å². The maximum absolute atomic E-state index is 12.2. The van der Waals surface area contributed by atoms with E-state index < -0.39 is 6.10 Å². The van der Waals surface area contributed by atoms with Crippen molar-refractivity contribution >= 4 is 11.8 Å². The number of hydrogen-bond acceptors (Lipinski definition) is 3. The average molecular weight is 338 g/mol. The standard InChI is InChI=1S/C20H22N2O3/c1-3-19(24)21-12-15-8-10-16(11-9-15)20(25)22-13-18(23)17-7-5-4-6-14(17)2/h3-11,18,23H,1,12-13H2,2H3,(H,21,24)(H,22,25). The van der Waals surface area contributed by atoms with Crippen molar-refractivity contribution in [1.82, 2.24) is 10.6 Å². The van der Waals surface area contributed by atoms with Crippen molar-refractivity contribution in [3.63, 3.8) is 0 Å². The van der Waals surface area contributed by atoms with Crippen molar-refractivity contribution in [2.45, 2.75) is 19.6 Å². The van der Waals surface area contributed by atoms with Crippen molar-refractivity contribution in [3.05, 3.63) is 83.4 Å². The maximum Gasteiger partial charge on any atom is 0.251 e. The number of benzene rings is 2. The molecule has 5 nitrogen and oxygen atoms in total. The van der Waals surface area contributed by atoms with Crippen LogP contribution in [0.3, 0.4) is 0 Å². The fraction of sp³-hybridized carbons (Fsp3) is 0.200. The summed E-state index contributed by atoms with van der Waals surface area (Å²) in [6.45, 7) is 5.82. The summed E-state index contributed by atoms with van der Waals surface area (Å²) in [6, 6.07) is 14.4. The molecule has 0 radical (unpaired) electrons. The lowest BCUT2D eigenvalue weighted by Crippen LogP contribution is -2.28. The number of aliphatic hydroxyl groups is 1. The van der Waals surface area contributed by atoms with E-state index >= 15 is 0 Å². The third kappa shape index (κ3) is 5.29. The Labute approximate surface area is 147 Å². The minimum absolute atomic E-state index is 0.140. The summed E-state index contributed by atoms with van der Waals surface area (Å²) in [6.07, 6.45) is 0.459. The Balaban J connectivity index is 1.89. The number of aliphatic hydroxyl groups excluding tert-OH is 1. The smallest absolute Gasteiger partial charge is 0.251 e. The Hall–Kier alpha value is -2.92. The minimum Gasteiger partial charge on any atom is -0.387 e. The summed E-state index contributed by atoms with van der Waals surface area (Å²) in [5.41, 5.74) is 3.16. The fourth-order valence-corrected chi connectivity index (χ4v) is 2.40. The van der Waals surface area contributed by atoms with E-state index in [1.165, 1.54) is 6.08 Å². The lowest BCUT2D eigenvalue weighted by atomic mass is 10.0. The molecule has 2 aromatic carbocycles. The van der Waals surface area contributed by atoms with Crippen molar-refractivity contribution in [2.75, 3.05) is 6.54 Å². The minimum atomic E-state index is -0.751. The van der Waals surface area contributed by atoms with Crippen LogP contribution in [0.5, 0.6) is 0 Å². The molecule has 0 spiro atoms. The van der Waals surface area contributed by atoms with Crippen LogP contribution >= 0.6 is 0 Å². The molecule has 5 heteroatoms. The molecule has 0 saturated carbocycles. The molecule has 0 bridgehead atoms. The summed E-state index contributed by atoms with van der Waals surface area (Å²) < 4.78 is 0. The van der Waals surface area contributed by atoms with Gasteiger partial charge in [-0.25, -0.2) is 0 Å². The summed E-state index contributed by atoms with van der Waals surface area (Å²) in [7, 11) is 0. The number of carbonyl (C=O) groups is 2. The predicted molar refractivity (Wildman–Crippen MR) is 97.0 cm³/mol. The average Bonchev–Trinajstić information content (AvgIpc) is 2.64. The molecule has 0 aliphatic carbocycles. The Morgan fingerprint density at radius 3 is 2.44 bits per heavy atom. The first-order valence-corrected chi connectivity index (χ1v) is 8.02. The van der Waals surface area contributed by atoms with Gasteiger partial charge in [-0.05, 0) is 41.8 Å². The molecule has 0 saturated heterocycles. The molecule has 1 unspecified atom stereocenters. The SMILES string of the molecule is C=CC(=O)NCc1ccc(C(=O)NCC(O)c2ccccc2C)cc1. The van der Waals surface area contributed by atoms with Crippen LogP contribution in [0.1, 0.15) is 33.2 Å². The van der Waals surface area contributed by atoms with Gasteiger partial charge in [-0.2, -0.15) is 0 Å². The van der Waals surface area contributed by atoms with Gasteiger partial charge in [0.05, 0.1) is 6.10 Å². The highest BCUT2D eigenvalue weighted by Gasteiger charge is 2.12. The van der Waals surface area contributed by atoms with Gasteiger partial charge in [-0.15, -0.1) is 0 Å². The van der Waals surface area contributed by atoms with Gasteiger partial charge in [-0.1, -0.05) is 43.0 Å². The van der Waals surface area contributed by atoms with Crippen molar-refractivity contribution in [2.24, 2.45) is 0 Å². The van der Waals surface area contributed by atoms with Crippen LogP contribution in [0.2, 0.25) is 0 Å². The maximum atomic E-state index is 12.2. The number of amides is 2. The molecular formula is C20H22N2O3. The second-order valence-electron chi connectivity index (χ2n) is 5.70. The zero-order chi connectivity index (χ0) is 18.2. The Bertz CT molecular complexity index is 754. The Morgan fingerprint density at radius 1 is 1.12 bits per heavy atom. The molecule has 130 valence electrons. The van der Waals surface area contributed by atoms with Crippen LogP contribution < -0.4 is 10.6 Å². The Kier molecular flexibility index (Phi) is 6.48. The summed E-state index contributed by atoms with van der Waals surface area (Å²) in [4.78, 5) is 23.3. The van der Waals surface area contributed by atoms with E-state index in [0.29, 0.717) is 12.1 Å². The van der Waals surface area contributed by atoms with Crippen molar-refractivity contribution < 1.29 is 14.7 Å². The molecule has 0 aliphatic rings. The number of hydrogen-bond donors (Lipinski definition) is 3. The number of nitrogens with one attached hydrogen (secondary N) is 2. The van der Waals surface area contributed by atoms with Crippen LogP contribution in [0, 0.1) is 6.92 Å². The van der Waals surface area contributed by atoms with Crippen LogP contribution in [0.4, 0.5) is 0 Å². The number of aryl methyl sites for hydroxylation is 1. The summed E-state index contributed by atoms with van der Waals surface area (Å²) in [5, 5.41) is 15.6. The highest BCUT2D eigenvalue weighted by atomic mass is 16.3. The number of carbonyl (C=O) groups excluding carboxylic acids is 2. The summed E-state index contributed by atoms with van der Waals surface area (Å²) >= 11 is 0. The van der Waals surface area contributed by atoms with Gasteiger partial charge in [0.2, 0.25) is 5.91 Å². The topological polar surface area (TPSA) is 78.4 Å². The molecule has 1 atom stereocenters. The van der Waals surface area contributed by atoms with E-state index in [1.807, 2.05) is 31.2 Å². The lowest BCUT2D eigenvalue weighted by molar-refractivity contribution is -0.116. The molecule has 0 aliphatic heterocycles. The van der Waals surface area contributed by atoms with E-state index in [1.54, 1.807) is 24.3 Å². The Morgan fingerprint density at radius 2 is 1.80 bits per heavy atom. The molecule has 2 rings (SSSR count). The molecular weight excluding hydrogens is 316 g/mol. The fourth-order valence-electron chi connectivity index (χ4n) is 2.40. The predicted octanol–water partition coefficient (Wildman–Crippen LogP) is 2.26. The van der Waals surface area contributed by atoms with E-state index in [9.17, 15) is 14.7 Å². The second kappa shape index (κ2) is 8.80. The van der Waals surface area contributed by atoms with E-state index in [-0.39, 0.29) is 18.4 Å². The van der Waals surface area contributed by atoms with Crippen molar-refractivity contribution in [1.29, 1.82) is 0 Å². The first kappa shape index (κ1) is 18.4. The van der Waals surface area contributed by atoms with Crippen LogP contribution in [-0.4, -0.2) is 23.5 Å². The van der Waals surface area contributed by atoms with Gasteiger partial charge < -0.3 is 15.7 Å². The highest BCUT2D eigenvalue weighted by Crippen LogP contribution is 2.16. The van der Waals surface area contributed by atoms with Crippen LogP contribution in [-0.2, 0) is 11.3 Å². The molecule has 3 N–H and O–H groups in total. The highest BCUT2D eigenvalue weighted by molar-refractivity contribution is 5.94. The monoisotopic (exact) mass is 338 g/mol. The van der Waals surface area contributed by atoms with Gasteiger partial charge in [0, 0.05) is 18.7 Å². The van der Waals surface area contributed by atoms with Crippen LogP contribution in [0.25, 0.3) is 0 Å². The third-order valence-electron chi connectivity index (χ3n) is 3.87. The lowest BCUT2D eigenvalue weighted by Gasteiger charge is -2.14. The quantitative estimate of drug-likeness (QED) is 0.678. The first-order valence-electron chi connectivity index (χ1n) is 8.02. The normalized spacial score (nSPS) is 11.4. The van der Waals surface area contributed by atoms with E-state index in [2.05, 4.69) is 17.2 Å².